The first-order valence-electron chi connectivity index (χ1n) is 8.11. The number of rotatable bonds is 2. The summed E-state index contributed by atoms with van der Waals surface area (Å²) in [5.74, 6) is -0.390. The molecule has 3 aromatic rings. The van der Waals surface area contributed by atoms with Crippen LogP contribution in [0.25, 0.3) is 11.0 Å². The minimum Gasteiger partial charge on any atom is -0.448 e. The lowest BCUT2D eigenvalue weighted by Gasteiger charge is -2.32. The Labute approximate surface area is 138 Å². The summed E-state index contributed by atoms with van der Waals surface area (Å²) in [5, 5.41) is 4.93. The number of aromatic nitrogens is 2. The Balaban J connectivity index is 1.64. The molecule has 3 heterocycles. The van der Waals surface area contributed by atoms with E-state index < -0.39 is 5.82 Å². The topological polar surface area (TPSA) is 51.3 Å². The van der Waals surface area contributed by atoms with Gasteiger partial charge in [0.2, 0.25) is 0 Å². The molecular weight excluding hydrogens is 309 g/mol. The Kier molecular flexibility index (Phi) is 3.59. The molecule has 0 radical (unpaired) electrons. The summed E-state index contributed by atoms with van der Waals surface area (Å²) in [6.45, 7) is 3.06. The summed E-state index contributed by atoms with van der Waals surface area (Å²) >= 11 is 0. The maximum absolute atomic E-state index is 13.9. The van der Waals surface area contributed by atoms with Crippen molar-refractivity contribution in [1.29, 1.82) is 0 Å². The summed E-state index contributed by atoms with van der Waals surface area (Å²) in [4.78, 5) is 14.7. The van der Waals surface area contributed by atoms with Gasteiger partial charge in [-0.25, -0.2) is 4.39 Å². The van der Waals surface area contributed by atoms with Gasteiger partial charge in [0.1, 0.15) is 0 Å². The van der Waals surface area contributed by atoms with Gasteiger partial charge in [-0.05, 0) is 31.9 Å². The Morgan fingerprint density at radius 2 is 2.25 bits per heavy atom. The van der Waals surface area contributed by atoms with Crippen molar-refractivity contribution in [3.8, 4) is 0 Å². The number of hydrogen-bond donors (Lipinski definition) is 0. The lowest BCUT2D eigenvalue weighted by Crippen LogP contribution is -2.40. The van der Waals surface area contributed by atoms with Crippen LogP contribution in [0.1, 0.15) is 35.0 Å². The van der Waals surface area contributed by atoms with Crippen LogP contribution in [-0.2, 0) is 0 Å². The van der Waals surface area contributed by atoms with E-state index in [0.717, 1.165) is 12.8 Å². The smallest absolute Gasteiger partial charge is 0.289 e. The minimum atomic E-state index is -0.442. The van der Waals surface area contributed by atoms with Crippen LogP contribution in [0.3, 0.4) is 0 Å². The number of carbonyl (C=O) groups excluding carboxylic acids is 1. The van der Waals surface area contributed by atoms with Gasteiger partial charge in [0.15, 0.2) is 17.2 Å². The SMILES string of the molecule is Cc1c(C(=O)N2CCC[C@H](n3cccn3)C2)oc2c(F)cccc12. The Morgan fingerprint density at radius 3 is 3.00 bits per heavy atom. The first-order chi connectivity index (χ1) is 11.6. The van der Waals surface area contributed by atoms with Crippen molar-refractivity contribution in [2.45, 2.75) is 25.8 Å². The molecule has 124 valence electrons. The number of piperidine rings is 1. The average molecular weight is 327 g/mol. The van der Waals surface area contributed by atoms with Crippen LogP contribution >= 0.6 is 0 Å². The minimum absolute atomic E-state index is 0.152. The third-order valence-electron chi connectivity index (χ3n) is 4.69. The van der Waals surface area contributed by atoms with Gasteiger partial charge in [0, 0.05) is 36.4 Å². The molecule has 1 fully saturated rings. The average Bonchev–Trinajstić information content (AvgIpc) is 3.24. The van der Waals surface area contributed by atoms with E-state index in [1.165, 1.54) is 6.07 Å². The van der Waals surface area contributed by atoms with E-state index in [9.17, 15) is 9.18 Å². The molecule has 0 saturated carbocycles. The number of likely N-dealkylation sites (tertiary alicyclic amines) is 1. The van der Waals surface area contributed by atoms with E-state index in [-0.39, 0.29) is 23.3 Å². The molecule has 24 heavy (non-hydrogen) atoms. The molecule has 1 aliphatic heterocycles. The normalized spacial score (nSPS) is 18.2. The number of benzene rings is 1. The summed E-state index contributed by atoms with van der Waals surface area (Å²) in [6, 6.07) is 6.79. The highest BCUT2D eigenvalue weighted by Crippen LogP contribution is 2.29. The van der Waals surface area contributed by atoms with Gasteiger partial charge >= 0.3 is 0 Å². The molecule has 6 heteroatoms. The van der Waals surface area contributed by atoms with Crippen molar-refractivity contribution in [1.82, 2.24) is 14.7 Å². The van der Waals surface area contributed by atoms with Crippen LogP contribution in [0.2, 0.25) is 0 Å². The fourth-order valence-corrected chi connectivity index (χ4v) is 3.41. The third-order valence-corrected chi connectivity index (χ3v) is 4.69. The number of hydrogen-bond acceptors (Lipinski definition) is 3. The summed E-state index contributed by atoms with van der Waals surface area (Å²) in [5.41, 5.74) is 0.842. The van der Waals surface area contributed by atoms with E-state index in [4.69, 9.17) is 4.42 Å². The zero-order valence-electron chi connectivity index (χ0n) is 13.4. The highest BCUT2D eigenvalue weighted by Gasteiger charge is 2.29. The number of carbonyl (C=O) groups is 1. The number of furan rings is 1. The lowest BCUT2D eigenvalue weighted by molar-refractivity contribution is 0.0642. The number of nitrogens with zero attached hydrogens (tertiary/aromatic N) is 3. The molecule has 0 aliphatic carbocycles. The van der Waals surface area contributed by atoms with E-state index in [0.29, 0.717) is 24.0 Å². The summed E-state index contributed by atoms with van der Waals surface area (Å²) in [7, 11) is 0. The molecule has 0 unspecified atom stereocenters. The zero-order valence-corrected chi connectivity index (χ0v) is 13.4. The molecule has 1 atom stereocenters. The van der Waals surface area contributed by atoms with Gasteiger partial charge in [0.05, 0.1) is 6.04 Å². The van der Waals surface area contributed by atoms with E-state index in [2.05, 4.69) is 5.10 Å². The first kappa shape index (κ1) is 14.9. The second kappa shape index (κ2) is 5.78. The van der Waals surface area contributed by atoms with Crippen molar-refractivity contribution in [2.75, 3.05) is 13.1 Å². The number of amides is 1. The van der Waals surface area contributed by atoms with Gasteiger partial charge in [-0.3, -0.25) is 9.48 Å². The number of para-hydroxylation sites is 1. The van der Waals surface area contributed by atoms with Crippen molar-refractivity contribution in [2.24, 2.45) is 0 Å². The van der Waals surface area contributed by atoms with Crippen LogP contribution in [0, 0.1) is 12.7 Å². The predicted molar refractivity (Wildman–Crippen MR) is 87.3 cm³/mol. The quantitative estimate of drug-likeness (QED) is 0.723. The Morgan fingerprint density at radius 1 is 1.38 bits per heavy atom. The molecule has 0 bridgehead atoms. The molecule has 0 N–H and O–H groups in total. The highest BCUT2D eigenvalue weighted by molar-refractivity contribution is 5.99. The molecule has 1 amide bonds. The van der Waals surface area contributed by atoms with Crippen LogP contribution in [0.15, 0.2) is 41.1 Å². The standard InChI is InChI=1S/C18H18FN3O2/c1-12-14-6-2-7-15(19)17(14)24-16(12)18(23)21-9-3-5-13(11-21)22-10-4-8-20-22/h2,4,6-8,10,13H,3,5,9,11H2,1H3/t13-/m0/s1. The second-order valence-electron chi connectivity index (χ2n) is 6.21. The number of aryl methyl sites for hydroxylation is 1. The van der Waals surface area contributed by atoms with Gasteiger partial charge in [-0.1, -0.05) is 12.1 Å². The molecule has 2 aromatic heterocycles. The van der Waals surface area contributed by atoms with Crippen LogP contribution in [0.5, 0.6) is 0 Å². The lowest BCUT2D eigenvalue weighted by atomic mass is 10.0. The molecule has 1 aliphatic rings. The van der Waals surface area contributed by atoms with E-state index in [1.807, 2.05) is 16.9 Å². The third kappa shape index (κ3) is 2.38. The molecule has 1 saturated heterocycles. The maximum Gasteiger partial charge on any atom is 0.289 e. The summed E-state index contributed by atoms with van der Waals surface area (Å²) < 4.78 is 21.4. The second-order valence-corrected chi connectivity index (χ2v) is 6.21. The van der Waals surface area contributed by atoms with E-state index in [1.54, 1.807) is 30.2 Å². The largest absolute Gasteiger partial charge is 0.448 e. The Hall–Kier alpha value is -2.63. The van der Waals surface area contributed by atoms with Crippen molar-refractivity contribution in [3.05, 3.63) is 53.8 Å². The molecular formula is C18H18FN3O2. The van der Waals surface area contributed by atoms with Gasteiger partial charge < -0.3 is 9.32 Å². The molecule has 0 spiro atoms. The van der Waals surface area contributed by atoms with Crippen LogP contribution < -0.4 is 0 Å². The van der Waals surface area contributed by atoms with Gasteiger partial charge in [-0.15, -0.1) is 0 Å². The van der Waals surface area contributed by atoms with Crippen molar-refractivity contribution >= 4 is 16.9 Å². The van der Waals surface area contributed by atoms with Crippen molar-refractivity contribution < 1.29 is 13.6 Å². The van der Waals surface area contributed by atoms with Crippen LogP contribution in [-0.4, -0.2) is 33.7 Å². The number of halogens is 1. The molecule has 4 rings (SSSR count). The Bertz CT molecular complexity index is 885. The van der Waals surface area contributed by atoms with Crippen LogP contribution in [0.4, 0.5) is 4.39 Å². The first-order valence-corrected chi connectivity index (χ1v) is 8.11. The molecule has 1 aromatic carbocycles. The highest BCUT2D eigenvalue weighted by atomic mass is 19.1. The van der Waals surface area contributed by atoms with Gasteiger partial charge in [0.25, 0.3) is 5.91 Å². The van der Waals surface area contributed by atoms with Gasteiger partial charge in [-0.2, -0.15) is 5.10 Å². The number of fused-ring (bicyclic) bond motifs is 1. The predicted octanol–water partition coefficient (Wildman–Crippen LogP) is 3.55. The van der Waals surface area contributed by atoms with E-state index >= 15 is 0 Å². The monoisotopic (exact) mass is 327 g/mol. The van der Waals surface area contributed by atoms with Crippen molar-refractivity contribution in [3.63, 3.8) is 0 Å². The fourth-order valence-electron chi connectivity index (χ4n) is 3.41. The summed E-state index contributed by atoms with van der Waals surface area (Å²) in [6.07, 6.45) is 5.55. The maximum atomic E-state index is 13.9. The zero-order chi connectivity index (χ0) is 16.7. The fraction of sp³-hybridized carbons (Fsp3) is 0.333. The molecule has 5 nitrogen and oxygen atoms in total.